The highest BCUT2D eigenvalue weighted by atomic mass is 35.5. The molecule has 0 saturated carbocycles. The van der Waals surface area contributed by atoms with Crippen LogP contribution in [0.1, 0.15) is 0 Å². The zero-order valence-electron chi connectivity index (χ0n) is 10.1. The highest BCUT2D eigenvalue weighted by molar-refractivity contribution is 6.37. The van der Waals surface area contributed by atoms with Gasteiger partial charge in [-0.2, -0.15) is 0 Å². The lowest BCUT2D eigenvalue weighted by Crippen LogP contribution is -2.25. The van der Waals surface area contributed by atoms with Gasteiger partial charge in [0.05, 0.1) is 17.0 Å². The number of aromatic nitrogens is 1. The highest BCUT2D eigenvalue weighted by Gasteiger charge is 2.24. The molecule has 0 unspecified atom stereocenters. The van der Waals surface area contributed by atoms with Crippen molar-refractivity contribution >= 4 is 28.2 Å². The summed E-state index contributed by atoms with van der Waals surface area (Å²) >= 11 is 5.96. The van der Waals surface area contributed by atoms with Gasteiger partial charge in [-0.15, -0.1) is 0 Å². The van der Waals surface area contributed by atoms with Crippen molar-refractivity contribution in [2.24, 2.45) is 0 Å². The van der Waals surface area contributed by atoms with E-state index in [0.717, 1.165) is 0 Å². The molecule has 0 radical (unpaired) electrons. The number of hydrogen-bond acceptors (Lipinski definition) is 4. The summed E-state index contributed by atoms with van der Waals surface area (Å²) in [5, 5.41) is 11.3. The first-order valence-electron chi connectivity index (χ1n) is 5.52. The van der Waals surface area contributed by atoms with Crippen LogP contribution in [0.25, 0.3) is 10.9 Å². The Morgan fingerprint density at radius 3 is 2.74 bits per heavy atom. The second kappa shape index (κ2) is 5.38. The van der Waals surface area contributed by atoms with Gasteiger partial charge in [0.25, 0.3) is 0 Å². The van der Waals surface area contributed by atoms with E-state index in [-0.39, 0.29) is 18.2 Å². The van der Waals surface area contributed by atoms with Gasteiger partial charge in [-0.3, -0.25) is 19.5 Å². The SMILES string of the molecule is COCCn1c(=O)c([N+](=O)[O-])c(Cl)c2ccccc21. The molecule has 19 heavy (non-hydrogen) atoms. The summed E-state index contributed by atoms with van der Waals surface area (Å²) in [5.41, 5.74) is -0.762. The maximum Gasteiger partial charge on any atom is 0.353 e. The van der Waals surface area contributed by atoms with Crippen LogP contribution >= 0.6 is 11.6 Å². The van der Waals surface area contributed by atoms with E-state index in [9.17, 15) is 14.9 Å². The van der Waals surface area contributed by atoms with Gasteiger partial charge in [0.1, 0.15) is 5.02 Å². The van der Waals surface area contributed by atoms with Crippen LogP contribution in [0.4, 0.5) is 5.69 Å². The van der Waals surface area contributed by atoms with E-state index in [0.29, 0.717) is 10.9 Å². The number of nitro groups is 1. The topological polar surface area (TPSA) is 74.4 Å². The Hall–Kier alpha value is -1.92. The molecular formula is C12H11ClN2O4. The van der Waals surface area contributed by atoms with Crippen molar-refractivity contribution in [2.45, 2.75) is 6.54 Å². The third-order valence-corrected chi connectivity index (χ3v) is 3.17. The largest absolute Gasteiger partial charge is 0.383 e. The normalized spacial score (nSPS) is 10.8. The molecular weight excluding hydrogens is 272 g/mol. The molecule has 0 aliphatic carbocycles. The number of ether oxygens (including phenoxy) is 1. The molecule has 2 rings (SSSR count). The number of benzene rings is 1. The molecule has 1 aromatic carbocycles. The molecule has 100 valence electrons. The monoisotopic (exact) mass is 282 g/mol. The summed E-state index contributed by atoms with van der Waals surface area (Å²) in [4.78, 5) is 22.4. The lowest BCUT2D eigenvalue weighted by molar-refractivity contribution is -0.386. The summed E-state index contributed by atoms with van der Waals surface area (Å²) in [6, 6.07) is 6.80. The zero-order valence-corrected chi connectivity index (χ0v) is 10.9. The predicted octanol–water partition coefficient (Wildman–Crippen LogP) is 2.21. The zero-order chi connectivity index (χ0) is 14.0. The van der Waals surface area contributed by atoms with E-state index in [4.69, 9.17) is 16.3 Å². The number of fused-ring (bicyclic) bond motifs is 1. The van der Waals surface area contributed by atoms with Gasteiger partial charge >= 0.3 is 11.2 Å². The summed E-state index contributed by atoms with van der Waals surface area (Å²) in [7, 11) is 1.50. The van der Waals surface area contributed by atoms with E-state index in [1.807, 2.05) is 0 Å². The van der Waals surface area contributed by atoms with E-state index in [1.54, 1.807) is 24.3 Å². The minimum Gasteiger partial charge on any atom is -0.383 e. The average Bonchev–Trinajstić information content (AvgIpc) is 2.38. The van der Waals surface area contributed by atoms with Gasteiger partial charge in [0.2, 0.25) is 0 Å². The van der Waals surface area contributed by atoms with Gasteiger partial charge in [0, 0.05) is 19.0 Å². The van der Waals surface area contributed by atoms with Crippen LogP contribution in [-0.2, 0) is 11.3 Å². The van der Waals surface area contributed by atoms with Crippen LogP contribution in [-0.4, -0.2) is 23.2 Å². The van der Waals surface area contributed by atoms with Crippen LogP contribution in [0, 0.1) is 10.1 Å². The smallest absolute Gasteiger partial charge is 0.353 e. The third-order valence-electron chi connectivity index (χ3n) is 2.79. The van der Waals surface area contributed by atoms with Crippen LogP contribution in [0.3, 0.4) is 0 Å². The lowest BCUT2D eigenvalue weighted by Gasteiger charge is -2.10. The fourth-order valence-electron chi connectivity index (χ4n) is 1.92. The molecule has 0 N–H and O–H groups in total. The van der Waals surface area contributed by atoms with Crippen molar-refractivity contribution in [3.05, 3.63) is 49.8 Å². The third kappa shape index (κ3) is 2.32. The second-order valence-electron chi connectivity index (χ2n) is 3.89. The van der Waals surface area contributed by atoms with Crippen LogP contribution in [0.5, 0.6) is 0 Å². The van der Waals surface area contributed by atoms with Gasteiger partial charge in [-0.25, -0.2) is 0 Å². The molecule has 2 aromatic rings. The molecule has 0 atom stereocenters. The van der Waals surface area contributed by atoms with Gasteiger partial charge in [-0.1, -0.05) is 29.8 Å². The quantitative estimate of drug-likeness (QED) is 0.636. The lowest BCUT2D eigenvalue weighted by atomic mass is 10.2. The van der Waals surface area contributed by atoms with E-state index < -0.39 is 16.2 Å². The molecule has 0 bridgehead atoms. The summed E-state index contributed by atoms with van der Waals surface area (Å²) in [6.45, 7) is 0.510. The first-order chi connectivity index (χ1) is 9.07. The predicted molar refractivity (Wildman–Crippen MR) is 71.7 cm³/mol. The summed E-state index contributed by atoms with van der Waals surface area (Å²) < 4.78 is 6.23. The number of halogens is 1. The summed E-state index contributed by atoms with van der Waals surface area (Å²) in [6.07, 6.45) is 0. The molecule has 1 heterocycles. The Bertz CT molecular complexity index is 696. The number of methoxy groups -OCH3 is 1. The number of rotatable bonds is 4. The molecule has 0 saturated heterocycles. The van der Waals surface area contributed by atoms with Crippen molar-refractivity contribution in [1.29, 1.82) is 0 Å². The molecule has 0 aliphatic heterocycles. The van der Waals surface area contributed by atoms with Crippen molar-refractivity contribution in [3.8, 4) is 0 Å². The fourth-order valence-corrected chi connectivity index (χ4v) is 2.23. The Balaban J connectivity index is 2.84. The van der Waals surface area contributed by atoms with Gasteiger partial charge in [-0.05, 0) is 6.07 Å². The van der Waals surface area contributed by atoms with Crippen molar-refractivity contribution in [2.75, 3.05) is 13.7 Å². The van der Waals surface area contributed by atoms with Crippen LogP contribution in [0.15, 0.2) is 29.1 Å². The van der Waals surface area contributed by atoms with Crippen LogP contribution in [0.2, 0.25) is 5.02 Å². The number of para-hydroxylation sites is 1. The number of pyridine rings is 1. The molecule has 0 aliphatic rings. The van der Waals surface area contributed by atoms with Gasteiger partial charge in [0.15, 0.2) is 0 Å². The first-order valence-corrected chi connectivity index (χ1v) is 5.90. The minimum atomic E-state index is -0.750. The van der Waals surface area contributed by atoms with E-state index >= 15 is 0 Å². The van der Waals surface area contributed by atoms with Gasteiger partial charge < -0.3 is 4.74 Å². The standard InChI is InChI=1S/C12H11ClN2O4/c1-19-7-6-14-9-5-3-2-4-8(9)10(13)11(12(14)16)15(17)18/h2-5H,6-7H2,1H3. The number of hydrogen-bond donors (Lipinski definition) is 0. The average molecular weight is 283 g/mol. The Morgan fingerprint density at radius 1 is 1.42 bits per heavy atom. The maximum atomic E-state index is 12.1. The Labute approximate surface area is 113 Å². The molecule has 1 aromatic heterocycles. The molecule has 0 amide bonds. The maximum absolute atomic E-state index is 12.1. The molecule has 6 nitrogen and oxygen atoms in total. The Kier molecular flexibility index (Phi) is 3.82. The Morgan fingerprint density at radius 2 is 2.11 bits per heavy atom. The van der Waals surface area contributed by atoms with Crippen molar-refractivity contribution in [3.63, 3.8) is 0 Å². The minimum absolute atomic E-state index is 0.126. The van der Waals surface area contributed by atoms with Crippen molar-refractivity contribution < 1.29 is 9.66 Å². The van der Waals surface area contributed by atoms with E-state index in [1.165, 1.54) is 11.7 Å². The molecule has 7 heteroatoms. The first kappa shape index (κ1) is 13.5. The molecule has 0 spiro atoms. The molecule has 0 fully saturated rings. The number of nitrogens with zero attached hydrogens (tertiary/aromatic N) is 2. The van der Waals surface area contributed by atoms with E-state index in [2.05, 4.69) is 0 Å². The van der Waals surface area contributed by atoms with Crippen LogP contribution < -0.4 is 5.56 Å². The summed E-state index contributed by atoms with van der Waals surface area (Å²) in [5.74, 6) is 0. The fraction of sp³-hybridized carbons (Fsp3) is 0.250. The van der Waals surface area contributed by atoms with Crippen molar-refractivity contribution in [1.82, 2.24) is 4.57 Å². The highest BCUT2D eigenvalue weighted by Crippen LogP contribution is 2.29. The second-order valence-corrected chi connectivity index (χ2v) is 4.26.